The minimum Gasteiger partial charge on any atom is -0.364 e. The average molecular weight is 294 g/mol. The van der Waals surface area contributed by atoms with E-state index in [4.69, 9.17) is 0 Å². The molecule has 1 aromatic heterocycles. The Morgan fingerprint density at radius 2 is 2.00 bits per heavy atom. The molecule has 0 bridgehead atoms. The molecule has 1 N–H and O–H groups in total. The van der Waals surface area contributed by atoms with Crippen LogP contribution in [0.2, 0.25) is 0 Å². The van der Waals surface area contributed by atoms with Crippen LogP contribution in [0.5, 0.6) is 0 Å². The number of aryl methyl sites for hydroxylation is 1. The van der Waals surface area contributed by atoms with Gasteiger partial charge < -0.3 is 5.32 Å². The Kier molecular flexibility index (Phi) is 4.54. The summed E-state index contributed by atoms with van der Waals surface area (Å²) in [6, 6.07) is 0.0964. The molecule has 1 aliphatic carbocycles. The molecular weight excluding hydrogens is 268 g/mol. The van der Waals surface area contributed by atoms with E-state index in [1.165, 1.54) is 32.1 Å². The van der Waals surface area contributed by atoms with Crippen LogP contribution in [0.1, 0.15) is 64.6 Å². The zero-order valence-electron chi connectivity index (χ0n) is 13.5. The zero-order valence-corrected chi connectivity index (χ0v) is 13.5. The molecule has 0 spiro atoms. The molecule has 1 saturated carbocycles. The van der Waals surface area contributed by atoms with E-state index < -0.39 is 0 Å². The van der Waals surface area contributed by atoms with Crippen LogP contribution in [-0.4, -0.2) is 21.2 Å². The Labute approximate surface area is 126 Å². The third-order valence-electron chi connectivity index (χ3n) is 4.47. The van der Waals surface area contributed by atoms with Gasteiger partial charge in [0, 0.05) is 12.6 Å². The number of hydrogen-bond donors (Lipinski definition) is 1. The largest absolute Gasteiger partial charge is 0.364 e. The van der Waals surface area contributed by atoms with Gasteiger partial charge in [-0.3, -0.25) is 10.1 Å². The lowest BCUT2D eigenvalue weighted by molar-refractivity contribution is -0.384. The van der Waals surface area contributed by atoms with Crippen molar-refractivity contribution in [1.82, 2.24) is 9.78 Å². The lowest BCUT2D eigenvalue weighted by Gasteiger charge is -2.34. The van der Waals surface area contributed by atoms with Crippen molar-refractivity contribution in [2.45, 2.75) is 65.8 Å². The molecule has 0 amide bonds. The molecule has 118 valence electrons. The summed E-state index contributed by atoms with van der Waals surface area (Å²) in [5.41, 5.74) is 0.819. The van der Waals surface area contributed by atoms with Gasteiger partial charge in [-0.15, -0.1) is 0 Å². The van der Waals surface area contributed by atoms with Crippen LogP contribution < -0.4 is 5.32 Å². The summed E-state index contributed by atoms with van der Waals surface area (Å²) in [5.74, 6) is 0.555. The first-order valence-corrected chi connectivity index (χ1v) is 7.81. The van der Waals surface area contributed by atoms with Gasteiger partial charge in [0.05, 0.1) is 4.92 Å². The van der Waals surface area contributed by atoms with Crippen molar-refractivity contribution in [3.05, 3.63) is 15.8 Å². The standard InChI is InChI=1S/C15H26N4O2/c1-11(2)18-14(13(19(20)21)12(3)17-18)16-10-15(4)8-6-5-7-9-15/h11,16H,5-10H2,1-4H3. The summed E-state index contributed by atoms with van der Waals surface area (Å²) >= 11 is 0. The SMILES string of the molecule is Cc1nn(C(C)C)c(NCC2(C)CCCCC2)c1[N+](=O)[O-]. The Bertz CT molecular complexity index is 516. The second-order valence-electron chi connectivity index (χ2n) is 6.80. The fourth-order valence-corrected chi connectivity index (χ4v) is 3.18. The molecule has 0 atom stereocenters. The molecule has 0 saturated heterocycles. The number of anilines is 1. The molecule has 1 heterocycles. The molecule has 6 heteroatoms. The van der Waals surface area contributed by atoms with Crippen LogP contribution in [0.15, 0.2) is 0 Å². The third kappa shape index (κ3) is 3.36. The van der Waals surface area contributed by atoms with E-state index in [0.717, 1.165) is 6.54 Å². The predicted octanol–water partition coefficient (Wildman–Crippen LogP) is 4.06. The van der Waals surface area contributed by atoms with E-state index in [2.05, 4.69) is 17.3 Å². The fraction of sp³-hybridized carbons (Fsp3) is 0.800. The van der Waals surface area contributed by atoms with Crippen LogP contribution in [0, 0.1) is 22.5 Å². The average Bonchev–Trinajstić information content (AvgIpc) is 2.74. The highest BCUT2D eigenvalue weighted by Gasteiger charge is 2.31. The van der Waals surface area contributed by atoms with Crippen molar-refractivity contribution in [1.29, 1.82) is 0 Å². The Morgan fingerprint density at radius 3 is 2.52 bits per heavy atom. The van der Waals surface area contributed by atoms with E-state index in [1.54, 1.807) is 11.6 Å². The number of rotatable bonds is 5. The van der Waals surface area contributed by atoms with E-state index in [9.17, 15) is 10.1 Å². The van der Waals surface area contributed by atoms with E-state index in [-0.39, 0.29) is 22.1 Å². The number of hydrogen-bond acceptors (Lipinski definition) is 4. The quantitative estimate of drug-likeness (QED) is 0.656. The molecule has 1 aromatic rings. The van der Waals surface area contributed by atoms with Crippen LogP contribution in [0.4, 0.5) is 11.5 Å². The minimum atomic E-state index is -0.327. The topological polar surface area (TPSA) is 73.0 Å². The van der Waals surface area contributed by atoms with Gasteiger partial charge in [-0.25, -0.2) is 4.68 Å². The molecule has 2 rings (SSSR count). The summed E-state index contributed by atoms with van der Waals surface area (Å²) < 4.78 is 1.74. The summed E-state index contributed by atoms with van der Waals surface area (Å²) in [4.78, 5) is 11.0. The van der Waals surface area contributed by atoms with E-state index in [1.807, 2.05) is 13.8 Å². The van der Waals surface area contributed by atoms with Crippen LogP contribution in [0.25, 0.3) is 0 Å². The predicted molar refractivity (Wildman–Crippen MR) is 83.7 cm³/mol. The van der Waals surface area contributed by atoms with Crippen molar-refractivity contribution in [3.8, 4) is 0 Å². The molecule has 0 radical (unpaired) electrons. The Hall–Kier alpha value is -1.59. The molecule has 0 aromatic carbocycles. The van der Waals surface area contributed by atoms with Gasteiger partial charge in [-0.1, -0.05) is 26.2 Å². The van der Waals surface area contributed by atoms with E-state index in [0.29, 0.717) is 11.5 Å². The molecule has 0 unspecified atom stereocenters. The van der Waals surface area contributed by atoms with Crippen LogP contribution >= 0.6 is 0 Å². The van der Waals surface area contributed by atoms with Gasteiger partial charge in [-0.05, 0) is 39.0 Å². The summed E-state index contributed by atoms with van der Waals surface area (Å²) in [5, 5.41) is 19.0. The lowest BCUT2D eigenvalue weighted by Crippen LogP contribution is -2.30. The zero-order chi connectivity index (χ0) is 15.6. The van der Waals surface area contributed by atoms with Gasteiger partial charge in [-0.2, -0.15) is 5.10 Å². The highest BCUT2D eigenvalue weighted by atomic mass is 16.6. The first-order chi connectivity index (χ1) is 9.84. The van der Waals surface area contributed by atoms with Crippen molar-refractivity contribution >= 4 is 11.5 Å². The first kappa shape index (κ1) is 15.8. The summed E-state index contributed by atoms with van der Waals surface area (Å²) in [6.45, 7) is 8.72. The molecule has 21 heavy (non-hydrogen) atoms. The van der Waals surface area contributed by atoms with Crippen LogP contribution in [0.3, 0.4) is 0 Å². The van der Waals surface area contributed by atoms with Crippen molar-refractivity contribution in [2.75, 3.05) is 11.9 Å². The molecule has 6 nitrogen and oxygen atoms in total. The first-order valence-electron chi connectivity index (χ1n) is 7.81. The van der Waals surface area contributed by atoms with Gasteiger partial charge in [0.25, 0.3) is 0 Å². The number of nitrogens with one attached hydrogen (secondary N) is 1. The number of nitrogens with zero attached hydrogens (tertiary/aromatic N) is 3. The minimum absolute atomic E-state index is 0.0964. The maximum absolute atomic E-state index is 11.3. The molecule has 1 aliphatic rings. The molecular formula is C15H26N4O2. The lowest BCUT2D eigenvalue weighted by atomic mass is 9.76. The monoisotopic (exact) mass is 294 g/mol. The highest BCUT2D eigenvalue weighted by Crippen LogP contribution is 2.37. The van der Waals surface area contributed by atoms with Gasteiger partial charge in [0.15, 0.2) is 0 Å². The van der Waals surface area contributed by atoms with Crippen LogP contribution in [-0.2, 0) is 0 Å². The molecule has 0 aliphatic heterocycles. The maximum atomic E-state index is 11.3. The second kappa shape index (κ2) is 6.03. The van der Waals surface area contributed by atoms with Crippen molar-refractivity contribution in [3.63, 3.8) is 0 Å². The smallest absolute Gasteiger partial charge is 0.333 e. The van der Waals surface area contributed by atoms with E-state index >= 15 is 0 Å². The maximum Gasteiger partial charge on any atom is 0.333 e. The third-order valence-corrected chi connectivity index (χ3v) is 4.47. The van der Waals surface area contributed by atoms with Gasteiger partial charge >= 0.3 is 5.69 Å². The van der Waals surface area contributed by atoms with Gasteiger partial charge in [0.1, 0.15) is 5.69 Å². The number of nitro groups is 1. The normalized spacial score (nSPS) is 18.0. The van der Waals surface area contributed by atoms with Gasteiger partial charge in [0.2, 0.25) is 5.82 Å². The summed E-state index contributed by atoms with van der Waals surface area (Å²) in [6.07, 6.45) is 6.18. The fourth-order valence-electron chi connectivity index (χ4n) is 3.18. The summed E-state index contributed by atoms with van der Waals surface area (Å²) in [7, 11) is 0. The van der Waals surface area contributed by atoms with Crippen molar-refractivity contribution in [2.24, 2.45) is 5.41 Å². The van der Waals surface area contributed by atoms with Crippen molar-refractivity contribution < 1.29 is 4.92 Å². The Balaban J connectivity index is 2.23. The second-order valence-corrected chi connectivity index (χ2v) is 6.80. The highest BCUT2D eigenvalue weighted by molar-refractivity contribution is 5.59. The Morgan fingerprint density at radius 1 is 1.38 bits per heavy atom. The molecule has 1 fully saturated rings. The number of aromatic nitrogens is 2.